The van der Waals surface area contributed by atoms with E-state index in [1.54, 1.807) is 25.1 Å². The summed E-state index contributed by atoms with van der Waals surface area (Å²) in [5, 5.41) is 5.98. The Hall–Kier alpha value is -2.83. The first-order valence-corrected chi connectivity index (χ1v) is 8.98. The number of hydrogen-bond acceptors (Lipinski definition) is 3. The number of benzene rings is 2. The van der Waals surface area contributed by atoms with Crippen molar-refractivity contribution >= 4 is 46.4 Å². The van der Waals surface area contributed by atoms with Crippen LogP contribution in [0.5, 0.6) is 0 Å². The van der Waals surface area contributed by atoms with E-state index in [-0.39, 0.29) is 18.0 Å². The van der Waals surface area contributed by atoms with Gasteiger partial charge in [-0.15, -0.1) is 0 Å². The average molecular weight is 421 g/mol. The van der Waals surface area contributed by atoms with E-state index in [1.165, 1.54) is 24.5 Å². The maximum Gasteiger partial charge on any atom is 0.259 e. The van der Waals surface area contributed by atoms with Crippen LogP contribution >= 0.6 is 23.2 Å². The third kappa shape index (κ3) is 4.71. The lowest BCUT2D eigenvalue weighted by atomic mass is 10.1. The Balaban J connectivity index is 1.71. The van der Waals surface area contributed by atoms with Crippen LogP contribution in [0.15, 0.2) is 53.1 Å². The highest BCUT2D eigenvalue weighted by Gasteiger charge is 2.15. The molecule has 3 aromatic rings. The SMILES string of the molecule is Cc1occc1C(=O)Nc1cc(NC(=O)Cc2ccc(Cl)cc2Cl)ccc1F. The van der Waals surface area contributed by atoms with E-state index in [4.69, 9.17) is 27.6 Å². The van der Waals surface area contributed by atoms with Gasteiger partial charge in [-0.25, -0.2) is 4.39 Å². The predicted octanol–water partition coefficient (Wildman–Crippen LogP) is 5.47. The highest BCUT2D eigenvalue weighted by atomic mass is 35.5. The van der Waals surface area contributed by atoms with Crippen molar-refractivity contribution in [3.8, 4) is 0 Å². The number of anilines is 2. The van der Waals surface area contributed by atoms with Gasteiger partial charge in [-0.1, -0.05) is 29.3 Å². The molecule has 1 heterocycles. The number of aryl methyl sites for hydroxylation is 1. The highest BCUT2D eigenvalue weighted by Crippen LogP contribution is 2.24. The second-order valence-corrected chi connectivity index (χ2v) is 6.84. The van der Waals surface area contributed by atoms with Crippen LogP contribution in [0.1, 0.15) is 21.7 Å². The quantitative estimate of drug-likeness (QED) is 0.574. The van der Waals surface area contributed by atoms with Crippen LogP contribution in [0.25, 0.3) is 0 Å². The zero-order valence-electron chi connectivity index (χ0n) is 14.7. The van der Waals surface area contributed by atoms with Gasteiger partial charge in [0.15, 0.2) is 0 Å². The third-order valence-corrected chi connectivity index (χ3v) is 4.55. The number of hydrogen-bond donors (Lipinski definition) is 2. The van der Waals surface area contributed by atoms with Crippen molar-refractivity contribution in [3.63, 3.8) is 0 Å². The number of nitrogens with one attached hydrogen (secondary N) is 2. The normalized spacial score (nSPS) is 10.6. The molecule has 2 amide bonds. The summed E-state index contributed by atoms with van der Waals surface area (Å²) in [5.41, 5.74) is 1.17. The van der Waals surface area contributed by atoms with Gasteiger partial charge in [0, 0.05) is 15.7 Å². The topological polar surface area (TPSA) is 71.3 Å². The lowest BCUT2D eigenvalue weighted by Gasteiger charge is -2.10. The smallest absolute Gasteiger partial charge is 0.259 e. The minimum atomic E-state index is -0.631. The zero-order chi connectivity index (χ0) is 20.3. The number of carbonyl (C=O) groups is 2. The number of halogens is 3. The monoisotopic (exact) mass is 420 g/mol. The van der Waals surface area contributed by atoms with Crippen molar-refractivity contribution < 1.29 is 18.4 Å². The van der Waals surface area contributed by atoms with Crippen LogP contribution in [0, 0.1) is 12.7 Å². The number of amides is 2. The zero-order valence-corrected chi connectivity index (χ0v) is 16.2. The van der Waals surface area contributed by atoms with Gasteiger partial charge >= 0.3 is 0 Å². The number of rotatable bonds is 5. The molecule has 0 unspecified atom stereocenters. The molecule has 0 aliphatic heterocycles. The minimum absolute atomic E-state index is 0.0171. The second-order valence-electron chi connectivity index (χ2n) is 6.00. The summed E-state index contributed by atoms with van der Waals surface area (Å²) >= 11 is 11.9. The number of furan rings is 1. The minimum Gasteiger partial charge on any atom is -0.469 e. The molecule has 0 fully saturated rings. The summed E-state index contributed by atoms with van der Waals surface area (Å²) in [6.45, 7) is 1.63. The van der Waals surface area contributed by atoms with Crippen LogP contribution in [-0.2, 0) is 11.2 Å². The molecule has 0 bridgehead atoms. The van der Waals surface area contributed by atoms with Crippen LogP contribution in [-0.4, -0.2) is 11.8 Å². The molecule has 28 heavy (non-hydrogen) atoms. The molecule has 5 nitrogen and oxygen atoms in total. The average Bonchev–Trinajstić information content (AvgIpc) is 3.06. The van der Waals surface area contributed by atoms with Gasteiger partial charge in [0.1, 0.15) is 11.6 Å². The Morgan fingerprint density at radius 3 is 2.54 bits per heavy atom. The van der Waals surface area contributed by atoms with Crippen LogP contribution < -0.4 is 10.6 Å². The van der Waals surface area contributed by atoms with Gasteiger partial charge in [-0.3, -0.25) is 9.59 Å². The maximum atomic E-state index is 14.1. The van der Waals surface area contributed by atoms with E-state index in [2.05, 4.69) is 10.6 Å². The summed E-state index contributed by atoms with van der Waals surface area (Å²) < 4.78 is 19.1. The maximum absolute atomic E-state index is 14.1. The summed E-state index contributed by atoms with van der Waals surface area (Å²) in [6.07, 6.45) is 1.39. The molecule has 1 aromatic heterocycles. The molecular weight excluding hydrogens is 406 g/mol. The molecule has 0 aliphatic rings. The number of carbonyl (C=O) groups excluding carboxylic acids is 2. The third-order valence-electron chi connectivity index (χ3n) is 3.97. The molecule has 0 atom stereocenters. The molecule has 2 N–H and O–H groups in total. The van der Waals surface area contributed by atoms with E-state index in [0.717, 1.165) is 6.07 Å². The molecule has 144 valence electrons. The molecule has 2 aromatic carbocycles. The largest absolute Gasteiger partial charge is 0.469 e. The van der Waals surface area contributed by atoms with Gasteiger partial charge < -0.3 is 15.1 Å². The molecule has 8 heteroatoms. The second kappa shape index (κ2) is 8.46. The van der Waals surface area contributed by atoms with E-state index < -0.39 is 11.7 Å². The first kappa shape index (κ1) is 19.9. The summed E-state index contributed by atoms with van der Waals surface area (Å²) in [5.74, 6) is -1.07. The Morgan fingerprint density at radius 1 is 1.07 bits per heavy atom. The van der Waals surface area contributed by atoms with E-state index in [9.17, 15) is 14.0 Å². The van der Waals surface area contributed by atoms with Crippen molar-refractivity contribution in [2.45, 2.75) is 13.3 Å². The highest BCUT2D eigenvalue weighted by molar-refractivity contribution is 6.35. The lowest BCUT2D eigenvalue weighted by Crippen LogP contribution is -2.16. The van der Waals surface area contributed by atoms with Crippen LogP contribution in [0.3, 0.4) is 0 Å². The van der Waals surface area contributed by atoms with Crippen molar-refractivity contribution in [1.29, 1.82) is 0 Å². The molecule has 0 aliphatic carbocycles. The summed E-state index contributed by atoms with van der Waals surface area (Å²) in [7, 11) is 0. The van der Waals surface area contributed by atoms with Crippen molar-refractivity contribution in [1.82, 2.24) is 0 Å². The van der Waals surface area contributed by atoms with E-state index in [0.29, 0.717) is 32.6 Å². The Bertz CT molecular complexity index is 1050. The molecule has 0 radical (unpaired) electrons. The van der Waals surface area contributed by atoms with Crippen molar-refractivity contribution in [2.24, 2.45) is 0 Å². The first-order valence-electron chi connectivity index (χ1n) is 8.22. The summed E-state index contributed by atoms with van der Waals surface area (Å²) in [6, 6.07) is 10.2. The fourth-order valence-corrected chi connectivity index (χ4v) is 3.03. The standard InChI is InChI=1S/C20H15Cl2FN2O3/c1-11-15(6-7-28-11)20(27)25-18-10-14(4-5-17(18)23)24-19(26)8-12-2-3-13(21)9-16(12)22/h2-7,9-10H,8H2,1H3,(H,24,26)(H,25,27). The van der Waals surface area contributed by atoms with Crippen LogP contribution in [0.2, 0.25) is 10.0 Å². The van der Waals surface area contributed by atoms with Gasteiger partial charge in [0.05, 0.1) is 23.9 Å². The molecule has 0 saturated heterocycles. The lowest BCUT2D eigenvalue weighted by molar-refractivity contribution is -0.115. The van der Waals surface area contributed by atoms with E-state index >= 15 is 0 Å². The van der Waals surface area contributed by atoms with Gasteiger partial charge in [-0.2, -0.15) is 0 Å². The predicted molar refractivity (Wildman–Crippen MR) is 107 cm³/mol. The molecule has 0 spiro atoms. The van der Waals surface area contributed by atoms with Crippen molar-refractivity contribution in [3.05, 3.63) is 81.5 Å². The molecule has 3 rings (SSSR count). The van der Waals surface area contributed by atoms with Crippen molar-refractivity contribution in [2.75, 3.05) is 10.6 Å². The molecule has 0 saturated carbocycles. The van der Waals surface area contributed by atoms with Gasteiger partial charge in [0.25, 0.3) is 5.91 Å². The Morgan fingerprint density at radius 2 is 1.86 bits per heavy atom. The Labute approximate surface area is 170 Å². The molecular formula is C20H15Cl2FN2O3. The first-order chi connectivity index (χ1) is 13.3. The summed E-state index contributed by atoms with van der Waals surface area (Å²) in [4.78, 5) is 24.5. The fraction of sp³-hybridized carbons (Fsp3) is 0.100. The fourth-order valence-electron chi connectivity index (χ4n) is 2.55. The van der Waals surface area contributed by atoms with Gasteiger partial charge in [0.2, 0.25) is 5.91 Å². The van der Waals surface area contributed by atoms with Gasteiger partial charge in [-0.05, 0) is 48.9 Å². The van der Waals surface area contributed by atoms with E-state index in [1.807, 2.05) is 0 Å². The van der Waals surface area contributed by atoms with Crippen LogP contribution in [0.4, 0.5) is 15.8 Å². The Kier molecular flexibility index (Phi) is 6.02.